The molecule has 0 fully saturated rings. The Kier molecular flexibility index (Phi) is 7.67. The first kappa shape index (κ1) is 17.7. The van der Waals surface area contributed by atoms with Crippen molar-refractivity contribution in [2.75, 3.05) is 13.2 Å². The second kappa shape index (κ2) is 9.55. The van der Waals surface area contributed by atoms with Crippen LogP contribution < -0.4 is 11.5 Å². The maximum absolute atomic E-state index is 12.0. The van der Waals surface area contributed by atoms with Crippen LogP contribution in [0, 0.1) is 0 Å². The van der Waals surface area contributed by atoms with E-state index in [2.05, 4.69) is 4.99 Å². The van der Waals surface area contributed by atoms with Crippen LogP contribution in [-0.4, -0.2) is 30.9 Å². The zero-order chi connectivity index (χ0) is 16.4. The number of carbonyl (C=O) groups is 2. The van der Waals surface area contributed by atoms with E-state index in [1.54, 1.807) is 31.2 Å². The van der Waals surface area contributed by atoms with Gasteiger partial charge in [0.1, 0.15) is 0 Å². The lowest BCUT2D eigenvalue weighted by atomic mass is 10.0. The summed E-state index contributed by atoms with van der Waals surface area (Å²) in [4.78, 5) is 27.4. The van der Waals surface area contributed by atoms with E-state index >= 15 is 0 Å². The molecular weight excluding hydrogens is 282 g/mol. The summed E-state index contributed by atoms with van der Waals surface area (Å²) in [7, 11) is 0. The fourth-order valence-electron chi connectivity index (χ4n) is 1.93. The van der Waals surface area contributed by atoms with Crippen LogP contribution in [0.3, 0.4) is 0 Å². The number of hydrogen-bond donors (Lipinski definition) is 2. The Morgan fingerprint density at radius 3 is 2.27 bits per heavy atom. The predicted molar refractivity (Wildman–Crippen MR) is 85.9 cm³/mol. The number of ketones is 1. The van der Waals surface area contributed by atoms with Gasteiger partial charge in [0.15, 0.2) is 11.7 Å². The second-order valence-corrected chi connectivity index (χ2v) is 4.84. The van der Waals surface area contributed by atoms with Crippen LogP contribution in [0.25, 0.3) is 0 Å². The molecule has 0 heterocycles. The monoisotopic (exact) mass is 305 g/mol. The van der Waals surface area contributed by atoms with Gasteiger partial charge in [0, 0.05) is 18.5 Å². The van der Waals surface area contributed by atoms with Crippen molar-refractivity contribution in [1.29, 1.82) is 0 Å². The molecule has 1 rings (SSSR count). The number of carbonyl (C=O) groups excluding carboxylic acids is 2. The standard InChI is InChI=1S/C16H23N3O3/c1-2-22-15(21)13-9-7-12(8-10-13)14(20)6-4-3-5-11-19-16(17)18/h7-10H,2-6,11H2,1H3,(H4,17,18,19). The normalized spacial score (nSPS) is 10.0. The molecule has 1 aromatic rings. The number of hydrogen-bond acceptors (Lipinski definition) is 4. The molecule has 22 heavy (non-hydrogen) atoms. The summed E-state index contributed by atoms with van der Waals surface area (Å²) in [5.41, 5.74) is 11.5. The van der Waals surface area contributed by atoms with Crippen LogP contribution >= 0.6 is 0 Å². The van der Waals surface area contributed by atoms with Crippen LogP contribution in [0.5, 0.6) is 0 Å². The maximum atomic E-state index is 12.0. The number of nitrogens with two attached hydrogens (primary N) is 2. The molecule has 0 saturated heterocycles. The summed E-state index contributed by atoms with van der Waals surface area (Å²) in [6.45, 7) is 2.67. The highest BCUT2D eigenvalue weighted by molar-refractivity contribution is 5.97. The highest BCUT2D eigenvalue weighted by Gasteiger charge is 2.09. The largest absolute Gasteiger partial charge is 0.462 e. The summed E-state index contributed by atoms with van der Waals surface area (Å²) < 4.78 is 4.90. The number of aliphatic imine (C=N–C) groups is 1. The smallest absolute Gasteiger partial charge is 0.338 e. The summed E-state index contributed by atoms with van der Waals surface area (Å²) >= 11 is 0. The minimum atomic E-state index is -0.374. The molecule has 0 spiro atoms. The van der Waals surface area contributed by atoms with Gasteiger partial charge in [-0.25, -0.2) is 4.79 Å². The third-order valence-electron chi connectivity index (χ3n) is 3.07. The zero-order valence-corrected chi connectivity index (χ0v) is 12.9. The number of Topliss-reactive ketones (excluding diaryl/α,β-unsaturated/α-hetero) is 1. The van der Waals surface area contributed by atoms with E-state index in [-0.39, 0.29) is 17.7 Å². The van der Waals surface area contributed by atoms with Crippen molar-refractivity contribution in [3.8, 4) is 0 Å². The summed E-state index contributed by atoms with van der Waals surface area (Å²) in [5.74, 6) is -0.212. The van der Waals surface area contributed by atoms with E-state index in [4.69, 9.17) is 16.2 Å². The number of esters is 1. The number of rotatable bonds is 9. The van der Waals surface area contributed by atoms with Crippen molar-refractivity contribution >= 4 is 17.7 Å². The van der Waals surface area contributed by atoms with Gasteiger partial charge in [-0.1, -0.05) is 18.6 Å². The molecule has 6 heteroatoms. The molecule has 0 atom stereocenters. The molecule has 1 aromatic carbocycles. The van der Waals surface area contributed by atoms with E-state index in [1.807, 2.05) is 0 Å². The third-order valence-corrected chi connectivity index (χ3v) is 3.07. The van der Waals surface area contributed by atoms with Crippen LogP contribution in [-0.2, 0) is 4.74 Å². The Hall–Kier alpha value is -2.37. The Morgan fingerprint density at radius 2 is 1.68 bits per heavy atom. The Balaban J connectivity index is 2.36. The highest BCUT2D eigenvalue weighted by atomic mass is 16.5. The van der Waals surface area contributed by atoms with E-state index < -0.39 is 0 Å². The van der Waals surface area contributed by atoms with Crippen molar-refractivity contribution in [3.05, 3.63) is 35.4 Å². The van der Waals surface area contributed by atoms with Crippen molar-refractivity contribution in [1.82, 2.24) is 0 Å². The predicted octanol–water partition coefficient (Wildman–Crippen LogP) is 1.88. The van der Waals surface area contributed by atoms with Crippen LogP contribution in [0.1, 0.15) is 53.3 Å². The van der Waals surface area contributed by atoms with Gasteiger partial charge in [0.25, 0.3) is 0 Å². The lowest BCUT2D eigenvalue weighted by molar-refractivity contribution is 0.0526. The van der Waals surface area contributed by atoms with E-state index in [0.717, 1.165) is 19.3 Å². The molecule has 0 radical (unpaired) electrons. The van der Waals surface area contributed by atoms with Gasteiger partial charge in [-0.2, -0.15) is 0 Å². The summed E-state index contributed by atoms with van der Waals surface area (Å²) in [6.07, 6.45) is 3.01. The van der Waals surface area contributed by atoms with Crippen LogP contribution in [0.4, 0.5) is 0 Å². The first-order valence-electron chi connectivity index (χ1n) is 7.40. The molecule has 0 aliphatic carbocycles. The second-order valence-electron chi connectivity index (χ2n) is 4.84. The maximum Gasteiger partial charge on any atom is 0.338 e. The van der Waals surface area contributed by atoms with Crippen molar-refractivity contribution in [2.45, 2.75) is 32.6 Å². The summed E-state index contributed by atoms with van der Waals surface area (Å²) in [5, 5.41) is 0. The number of benzene rings is 1. The van der Waals surface area contributed by atoms with Gasteiger partial charge in [-0.05, 0) is 31.9 Å². The first-order valence-corrected chi connectivity index (χ1v) is 7.40. The van der Waals surface area contributed by atoms with Crippen molar-refractivity contribution < 1.29 is 14.3 Å². The van der Waals surface area contributed by atoms with Crippen LogP contribution in [0.2, 0.25) is 0 Å². The molecule has 0 aromatic heterocycles. The van der Waals surface area contributed by atoms with E-state index in [9.17, 15) is 9.59 Å². The average Bonchev–Trinajstić information content (AvgIpc) is 2.50. The van der Waals surface area contributed by atoms with E-state index in [0.29, 0.717) is 30.7 Å². The fourth-order valence-corrected chi connectivity index (χ4v) is 1.93. The topological polar surface area (TPSA) is 108 Å². The minimum Gasteiger partial charge on any atom is -0.462 e. The molecule has 4 N–H and O–H groups in total. The summed E-state index contributed by atoms with van der Waals surface area (Å²) in [6, 6.07) is 6.55. The van der Waals surface area contributed by atoms with Gasteiger partial charge in [0.05, 0.1) is 12.2 Å². The molecule has 0 aliphatic heterocycles. The van der Waals surface area contributed by atoms with Crippen LogP contribution in [0.15, 0.2) is 29.3 Å². The Labute approximate surface area is 130 Å². The van der Waals surface area contributed by atoms with Crippen molar-refractivity contribution in [3.63, 3.8) is 0 Å². The molecule has 120 valence electrons. The van der Waals surface area contributed by atoms with Gasteiger partial charge in [0.2, 0.25) is 0 Å². The lowest BCUT2D eigenvalue weighted by Gasteiger charge is -2.04. The third kappa shape index (κ3) is 6.39. The molecule has 0 amide bonds. The fraction of sp³-hybridized carbons (Fsp3) is 0.438. The minimum absolute atomic E-state index is 0.0669. The highest BCUT2D eigenvalue weighted by Crippen LogP contribution is 2.11. The number of nitrogens with zero attached hydrogens (tertiary/aromatic N) is 1. The molecule has 0 unspecified atom stereocenters. The Morgan fingerprint density at radius 1 is 1.05 bits per heavy atom. The van der Waals surface area contributed by atoms with Gasteiger partial charge >= 0.3 is 5.97 Å². The first-order chi connectivity index (χ1) is 10.5. The van der Waals surface area contributed by atoms with Gasteiger partial charge < -0.3 is 16.2 Å². The Bertz CT molecular complexity index is 520. The molecular formula is C16H23N3O3. The molecule has 6 nitrogen and oxygen atoms in total. The van der Waals surface area contributed by atoms with Gasteiger partial charge in [-0.15, -0.1) is 0 Å². The molecule has 0 saturated carbocycles. The number of guanidine groups is 1. The van der Waals surface area contributed by atoms with E-state index in [1.165, 1.54) is 0 Å². The number of ether oxygens (including phenoxy) is 1. The molecule has 0 aliphatic rings. The quantitative estimate of drug-likeness (QED) is 0.238. The lowest BCUT2D eigenvalue weighted by Crippen LogP contribution is -2.22. The van der Waals surface area contributed by atoms with Gasteiger partial charge in [-0.3, -0.25) is 9.79 Å². The average molecular weight is 305 g/mol. The molecule has 0 bridgehead atoms. The zero-order valence-electron chi connectivity index (χ0n) is 12.9. The number of unbranched alkanes of at least 4 members (excludes halogenated alkanes) is 2. The SMILES string of the molecule is CCOC(=O)c1ccc(C(=O)CCCCCN=C(N)N)cc1. The van der Waals surface area contributed by atoms with Crippen molar-refractivity contribution in [2.24, 2.45) is 16.5 Å².